The Morgan fingerprint density at radius 3 is 2.29 bits per heavy atom. The van der Waals surface area contributed by atoms with E-state index in [0.29, 0.717) is 23.3 Å². The average molecular weight is 336 g/mol. The highest BCUT2D eigenvalue weighted by molar-refractivity contribution is 5.80. The molecule has 1 N–H and O–H groups in total. The van der Waals surface area contributed by atoms with Crippen molar-refractivity contribution in [2.75, 3.05) is 13.7 Å². The number of carbonyl (C=O) groups excluding carboxylic acids is 2. The molecule has 0 aliphatic heterocycles. The Morgan fingerprint density at radius 1 is 1.21 bits per heavy atom. The summed E-state index contributed by atoms with van der Waals surface area (Å²) in [6.07, 6.45) is 1.27. The van der Waals surface area contributed by atoms with Crippen molar-refractivity contribution in [1.82, 2.24) is 0 Å². The maximum absolute atomic E-state index is 12.3. The summed E-state index contributed by atoms with van der Waals surface area (Å²) in [5, 5.41) is 9.36. The third kappa shape index (κ3) is 5.34. The molecule has 0 radical (unpaired) electrons. The third-order valence-electron chi connectivity index (χ3n) is 3.73. The first kappa shape index (κ1) is 20.2. The van der Waals surface area contributed by atoms with Crippen LogP contribution in [-0.2, 0) is 21.4 Å². The maximum Gasteiger partial charge on any atom is 0.310 e. The largest absolute Gasteiger partial charge is 0.496 e. The lowest BCUT2D eigenvalue weighted by molar-refractivity contribution is -0.153. The van der Waals surface area contributed by atoms with Crippen molar-refractivity contribution in [2.24, 2.45) is 0 Å². The Morgan fingerprint density at radius 2 is 1.83 bits per heavy atom. The summed E-state index contributed by atoms with van der Waals surface area (Å²) in [4.78, 5) is 23.5. The van der Waals surface area contributed by atoms with E-state index < -0.39 is 11.0 Å². The van der Waals surface area contributed by atoms with E-state index in [9.17, 15) is 14.7 Å². The number of rotatable bonds is 7. The SMILES string of the molecule is COc1cc(C=O)cc(CC(=O)OC(C)(C)C)c1C(C)(C)CCO. The molecule has 0 aliphatic carbocycles. The summed E-state index contributed by atoms with van der Waals surface area (Å²) in [6, 6.07) is 3.34. The fraction of sp³-hybridized carbons (Fsp3) is 0.579. The molecule has 0 bridgehead atoms. The molecule has 0 aliphatic rings. The van der Waals surface area contributed by atoms with Gasteiger partial charge in [0.25, 0.3) is 0 Å². The van der Waals surface area contributed by atoms with Crippen molar-refractivity contribution in [3.8, 4) is 5.75 Å². The smallest absolute Gasteiger partial charge is 0.310 e. The normalized spacial score (nSPS) is 12.0. The maximum atomic E-state index is 12.3. The molecular formula is C19H28O5. The molecular weight excluding hydrogens is 308 g/mol. The van der Waals surface area contributed by atoms with Gasteiger partial charge in [-0.3, -0.25) is 9.59 Å². The number of hydrogen-bond donors (Lipinski definition) is 1. The minimum absolute atomic E-state index is 0.0114. The van der Waals surface area contributed by atoms with Crippen LogP contribution in [-0.4, -0.2) is 36.7 Å². The van der Waals surface area contributed by atoms with Crippen molar-refractivity contribution in [1.29, 1.82) is 0 Å². The molecule has 0 saturated carbocycles. The van der Waals surface area contributed by atoms with Crippen LogP contribution in [0.5, 0.6) is 5.75 Å². The standard InChI is InChI=1S/C19H28O5/c1-18(2,3)24-16(22)11-14-9-13(12-21)10-15(23-6)17(14)19(4,5)7-8-20/h9-10,12,20H,7-8,11H2,1-6H3. The first-order valence-electron chi connectivity index (χ1n) is 8.03. The highest BCUT2D eigenvalue weighted by atomic mass is 16.6. The van der Waals surface area contributed by atoms with Gasteiger partial charge in [-0.25, -0.2) is 0 Å². The summed E-state index contributed by atoms with van der Waals surface area (Å²) in [7, 11) is 1.53. The van der Waals surface area contributed by atoms with Gasteiger partial charge in [-0.05, 0) is 50.3 Å². The van der Waals surface area contributed by atoms with Gasteiger partial charge in [-0.2, -0.15) is 0 Å². The quantitative estimate of drug-likeness (QED) is 0.612. The number of hydrogen-bond acceptors (Lipinski definition) is 5. The van der Waals surface area contributed by atoms with Crippen LogP contribution in [0.3, 0.4) is 0 Å². The second-order valence-electron chi connectivity index (χ2n) is 7.50. The second-order valence-corrected chi connectivity index (χ2v) is 7.50. The van der Waals surface area contributed by atoms with Crippen LogP contribution in [0.25, 0.3) is 0 Å². The molecule has 0 amide bonds. The zero-order valence-electron chi connectivity index (χ0n) is 15.4. The molecule has 0 heterocycles. The zero-order chi connectivity index (χ0) is 18.5. The number of benzene rings is 1. The zero-order valence-corrected chi connectivity index (χ0v) is 15.4. The molecule has 0 aromatic heterocycles. The van der Waals surface area contributed by atoms with Crippen molar-refractivity contribution in [2.45, 2.75) is 58.5 Å². The van der Waals surface area contributed by atoms with Gasteiger partial charge < -0.3 is 14.6 Å². The van der Waals surface area contributed by atoms with Gasteiger partial charge in [0.2, 0.25) is 0 Å². The summed E-state index contributed by atoms with van der Waals surface area (Å²) in [5.41, 5.74) is 0.942. The summed E-state index contributed by atoms with van der Waals surface area (Å²) >= 11 is 0. The van der Waals surface area contributed by atoms with Crippen molar-refractivity contribution in [3.63, 3.8) is 0 Å². The highest BCUT2D eigenvalue weighted by Crippen LogP contribution is 2.38. The Balaban J connectivity index is 3.39. The number of aliphatic hydroxyl groups excluding tert-OH is 1. The topological polar surface area (TPSA) is 72.8 Å². The van der Waals surface area contributed by atoms with Gasteiger partial charge >= 0.3 is 5.97 Å². The van der Waals surface area contributed by atoms with Gasteiger partial charge in [0, 0.05) is 17.7 Å². The van der Waals surface area contributed by atoms with Crippen LogP contribution in [0.15, 0.2) is 12.1 Å². The molecule has 0 unspecified atom stereocenters. The van der Waals surface area contributed by atoms with Crippen molar-refractivity contribution in [3.05, 3.63) is 28.8 Å². The van der Waals surface area contributed by atoms with E-state index in [-0.39, 0.29) is 19.0 Å². The molecule has 0 atom stereocenters. The lowest BCUT2D eigenvalue weighted by Crippen LogP contribution is -2.27. The molecule has 5 nitrogen and oxygen atoms in total. The Kier molecular flexibility index (Phi) is 6.55. The van der Waals surface area contributed by atoms with Gasteiger partial charge in [0.05, 0.1) is 13.5 Å². The number of aliphatic hydroxyl groups is 1. The Labute approximate surface area is 144 Å². The lowest BCUT2D eigenvalue weighted by Gasteiger charge is -2.29. The van der Waals surface area contributed by atoms with Gasteiger partial charge in [0.1, 0.15) is 17.6 Å². The molecule has 0 saturated heterocycles. The highest BCUT2D eigenvalue weighted by Gasteiger charge is 2.29. The predicted octanol–water partition coefficient (Wildman–Crippen LogP) is 3.05. The number of carbonyl (C=O) groups is 2. The van der Waals surface area contributed by atoms with E-state index in [1.807, 2.05) is 34.6 Å². The number of methoxy groups -OCH3 is 1. The van der Waals surface area contributed by atoms with Crippen LogP contribution in [0, 0.1) is 0 Å². The molecule has 134 valence electrons. The molecule has 5 heteroatoms. The van der Waals surface area contributed by atoms with Crippen LogP contribution in [0.4, 0.5) is 0 Å². The lowest BCUT2D eigenvalue weighted by atomic mass is 9.77. The Hall–Kier alpha value is -1.88. The van der Waals surface area contributed by atoms with E-state index in [1.165, 1.54) is 7.11 Å². The van der Waals surface area contributed by atoms with Gasteiger partial charge in [-0.1, -0.05) is 13.8 Å². The number of esters is 1. The second kappa shape index (κ2) is 7.79. The molecule has 0 fully saturated rings. The molecule has 1 rings (SSSR count). The van der Waals surface area contributed by atoms with E-state index in [1.54, 1.807) is 12.1 Å². The number of aldehydes is 1. The first-order valence-corrected chi connectivity index (χ1v) is 8.03. The third-order valence-corrected chi connectivity index (χ3v) is 3.73. The van der Waals surface area contributed by atoms with Gasteiger partial charge in [-0.15, -0.1) is 0 Å². The van der Waals surface area contributed by atoms with Crippen LogP contribution in [0.1, 0.15) is 62.5 Å². The van der Waals surface area contributed by atoms with E-state index >= 15 is 0 Å². The van der Waals surface area contributed by atoms with Crippen LogP contribution < -0.4 is 4.74 Å². The average Bonchev–Trinajstić information content (AvgIpc) is 2.43. The van der Waals surface area contributed by atoms with Gasteiger partial charge in [0.15, 0.2) is 0 Å². The van der Waals surface area contributed by atoms with E-state index in [4.69, 9.17) is 9.47 Å². The van der Waals surface area contributed by atoms with E-state index in [2.05, 4.69) is 0 Å². The molecule has 1 aromatic carbocycles. The summed E-state index contributed by atoms with van der Waals surface area (Å²) in [6.45, 7) is 9.38. The predicted molar refractivity (Wildman–Crippen MR) is 92.7 cm³/mol. The fourth-order valence-electron chi connectivity index (χ4n) is 2.77. The molecule has 0 spiro atoms. The molecule has 1 aromatic rings. The minimum atomic E-state index is -0.579. The summed E-state index contributed by atoms with van der Waals surface area (Å²) in [5.74, 6) is 0.172. The fourth-order valence-corrected chi connectivity index (χ4v) is 2.77. The van der Waals surface area contributed by atoms with Crippen molar-refractivity contribution >= 4 is 12.3 Å². The Bertz CT molecular complexity index is 597. The van der Waals surface area contributed by atoms with Crippen LogP contribution in [0.2, 0.25) is 0 Å². The first-order chi connectivity index (χ1) is 11.0. The summed E-state index contributed by atoms with van der Waals surface area (Å²) < 4.78 is 10.8. The minimum Gasteiger partial charge on any atom is -0.496 e. The monoisotopic (exact) mass is 336 g/mol. The van der Waals surface area contributed by atoms with Crippen molar-refractivity contribution < 1.29 is 24.2 Å². The van der Waals surface area contributed by atoms with E-state index in [0.717, 1.165) is 11.8 Å². The van der Waals surface area contributed by atoms with Crippen LogP contribution >= 0.6 is 0 Å². The molecule has 24 heavy (non-hydrogen) atoms. The number of ether oxygens (including phenoxy) is 2.